The summed E-state index contributed by atoms with van der Waals surface area (Å²) in [4.78, 5) is 5.02. The summed E-state index contributed by atoms with van der Waals surface area (Å²) in [6, 6.07) is 10.7. The first kappa shape index (κ1) is 15.3. The molecular weight excluding hydrogens is 246 g/mol. The van der Waals surface area contributed by atoms with Crippen LogP contribution in [0, 0.1) is 0 Å². The van der Waals surface area contributed by atoms with E-state index in [2.05, 4.69) is 40.1 Å². The van der Waals surface area contributed by atoms with Crippen molar-refractivity contribution in [2.45, 2.75) is 12.8 Å². The van der Waals surface area contributed by atoms with E-state index < -0.39 is 0 Å². The number of benzene rings is 1. The van der Waals surface area contributed by atoms with Gasteiger partial charge in [-0.1, -0.05) is 18.2 Å². The normalized spacial score (nSPS) is 16.4. The van der Waals surface area contributed by atoms with E-state index in [0.29, 0.717) is 0 Å². The molecular formula is C14H24ClN3. The van der Waals surface area contributed by atoms with Crippen LogP contribution in [0.5, 0.6) is 0 Å². The number of hydrogen-bond donors (Lipinski definition) is 1. The Kier molecular flexibility index (Phi) is 7.09. The molecule has 1 aromatic carbocycles. The van der Waals surface area contributed by atoms with Crippen LogP contribution in [0.2, 0.25) is 0 Å². The van der Waals surface area contributed by atoms with Crippen molar-refractivity contribution in [2.75, 3.05) is 44.2 Å². The maximum atomic E-state index is 5.52. The summed E-state index contributed by atoms with van der Waals surface area (Å²) in [5.41, 5.74) is 6.87. The molecule has 102 valence electrons. The first-order valence-electron chi connectivity index (χ1n) is 6.62. The zero-order chi connectivity index (χ0) is 11.9. The fraction of sp³-hybridized carbons (Fsp3) is 0.571. The van der Waals surface area contributed by atoms with E-state index in [9.17, 15) is 0 Å². The number of piperazine rings is 1. The number of nitrogens with zero attached hydrogens (tertiary/aromatic N) is 2. The lowest BCUT2D eigenvalue weighted by Crippen LogP contribution is -2.46. The van der Waals surface area contributed by atoms with Gasteiger partial charge in [-0.2, -0.15) is 0 Å². The predicted octanol–water partition coefficient (Wildman–Crippen LogP) is 1.97. The molecule has 0 aromatic heterocycles. The van der Waals surface area contributed by atoms with Crippen LogP contribution < -0.4 is 10.6 Å². The van der Waals surface area contributed by atoms with Gasteiger partial charge in [0, 0.05) is 31.9 Å². The molecule has 1 aliphatic heterocycles. The molecule has 0 aliphatic carbocycles. The lowest BCUT2D eigenvalue weighted by Gasteiger charge is -2.36. The Morgan fingerprint density at radius 2 is 1.61 bits per heavy atom. The van der Waals surface area contributed by atoms with Crippen LogP contribution in [0.3, 0.4) is 0 Å². The second-order valence-electron chi connectivity index (χ2n) is 4.66. The molecule has 2 N–H and O–H groups in total. The SMILES string of the molecule is Cl.NCCCCN1CCN(c2ccccc2)CC1. The van der Waals surface area contributed by atoms with Crippen molar-refractivity contribution in [2.24, 2.45) is 5.73 Å². The Morgan fingerprint density at radius 1 is 0.944 bits per heavy atom. The van der Waals surface area contributed by atoms with E-state index >= 15 is 0 Å². The molecule has 1 fully saturated rings. The second-order valence-corrected chi connectivity index (χ2v) is 4.66. The molecule has 0 bridgehead atoms. The molecule has 0 radical (unpaired) electrons. The van der Waals surface area contributed by atoms with Gasteiger partial charge in [-0.3, -0.25) is 4.90 Å². The van der Waals surface area contributed by atoms with Crippen molar-refractivity contribution >= 4 is 18.1 Å². The van der Waals surface area contributed by atoms with Gasteiger partial charge in [-0.05, 0) is 38.1 Å². The average Bonchev–Trinajstić information content (AvgIpc) is 2.41. The average molecular weight is 270 g/mol. The molecule has 18 heavy (non-hydrogen) atoms. The highest BCUT2D eigenvalue weighted by atomic mass is 35.5. The third-order valence-corrected chi connectivity index (χ3v) is 3.42. The highest BCUT2D eigenvalue weighted by Gasteiger charge is 2.16. The van der Waals surface area contributed by atoms with Gasteiger partial charge in [0.1, 0.15) is 0 Å². The molecule has 0 saturated carbocycles. The minimum Gasteiger partial charge on any atom is -0.369 e. The topological polar surface area (TPSA) is 32.5 Å². The maximum absolute atomic E-state index is 5.52. The summed E-state index contributed by atoms with van der Waals surface area (Å²) < 4.78 is 0. The Bertz CT molecular complexity index is 310. The second kappa shape index (κ2) is 8.35. The van der Waals surface area contributed by atoms with Gasteiger partial charge in [0.25, 0.3) is 0 Å². The summed E-state index contributed by atoms with van der Waals surface area (Å²) in [7, 11) is 0. The number of rotatable bonds is 5. The minimum absolute atomic E-state index is 0. The van der Waals surface area contributed by atoms with Gasteiger partial charge in [0.15, 0.2) is 0 Å². The fourth-order valence-corrected chi connectivity index (χ4v) is 2.35. The standard InChI is InChI=1S/C14H23N3.ClH/c15-8-4-5-9-16-10-12-17(13-11-16)14-6-2-1-3-7-14;/h1-3,6-7H,4-5,8-13,15H2;1H. The minimum atomic E-state index is 0. The highest BCUT2D eigenvalue weighted by molar-refractivity contribution is 5.85. The quantitative estimate of drug-likeness (QED) is 0.830. The largest absolute Gasteiger partial charge is 0.369 e. The van der Waals surface area contributed by atoms with E-state index in [4.69, 9.17) is 5.73 Å². The predicted molar refractivity (Wildman–Crippen MR) is 80.6 cm³/mol. The van der Waals surface area contributed by atoms with E-state index in [-0.39, 0.29) is 12.4 Å². The number of hydrogen-bond acceptors (Lipinski definition) is 3. The number of nitrogens with two attached hydrogens (primary N) is 1. The van der Waals surface area contributed by atoms with Crippen molar-refractivity contribution in [1.82, 2.24) is 4.90 Å². The fourth-order valence-electron chi connectivity index (χ4n) is 2.35. The third-order valence-electron chi connectivity index (χ3n) is 3.42. The third kappa shape index (κ3) is 4.48. The molecule has 3 nitrogen and oxygen atoms in total. The Labute approximate surface area is 116 Å². The number of unbranched alkanes of at least 4 members (excludes halogenated alkanes) is 1. The zero-order valence-corrected chi connectivity index (χ0v) is 11.7. The molecule has 4 heteroatoms. The lowest BCUT2D eigenvalue weighted by atomic mass is 10.2. The molecule has 1 aromatic rings. The number of halogens is 1. The van der Waals surface area contributed by atoms with Gasteiger partial charge in [-0.25, -0.2) is 0 Å². The van der Waals surface area contributed by atoms with Crippen molar-refractivity contribution in [3.05, 3.63) is 30.3 Å². The molecule has 0 amide bonds. The van der Waals surface area contributed by atoms with Gasteiger partial charge >= 0.3 is 0 Å². The van der Waals surface area contributed by atoms with Crippen LogP contribution in [0.4, 0.5) is 5.69 Å². The van der Waals surface area contributed by atoms with Crippen LogP contribution >= 0.6 is 12.4 Å². The van der Waals surface area contributed by atoms with Crippen molar-refractivity contribution in [3.8, 4) is 0 Å². The summed E-state index contributed by atoms with van der Waals surface area (Å²) in [5.74, 6) is 0. The van der Waals surface area contributed by atoms with Gasteiger partial charge in [0.2, 0.25) is 0 Å². The summed E-state index contributed by atoms with van der Waals surface area (Å²) in [6.45, 7) is 6.68. The number of anilines is 1. The van der Waals surface area contributed by atoms with Crippen LogP contribution in [0.15, 0.2) is 30.3 Å². The first-order valence-corrected chi connectivity index (χ1v) is 6.62. The lowest BCUT2D eigenvalue weighted by molar-refractivity contribution is 0.253. The highest BCUT2D eigenvalue weighted by Crippen LogP contribution is 2.15. The Morgan fingerprint density at radius 3 is 2.22 bits per heavy atom. The monoisotopic (exact) mass is 269 g/mol. The van der Waals surface area contributed by atoms with Gasteiger partial charge in [-0.15, -0.1) is 12.4 Å². The summed E-state index contributed by atoms with van der Waals surface area (Å²) >= 11 is 0. The Balaban J connectivity index is 0.00000162. The van der Waals surface area contributed by atoms with Crippen molar-refractivity contribution in [1.29, 1.82) is 0 Å². The molecule has 0 spiro atoms. The van der Waals surface area contributed by atoms with E-state index in [1.165, 1.54) is 31.7 Å². The number of para-hydroxylation sites is 1. The summed E-state index contributed by atoms with van der Waals surface area (Å²) in [5, 5.41) is 0. The van der Waals surface area contributed by atoms with Crippen molar-refractivity contribution in [3.63, 3.8) is 0 Å². The zero-order valence-electron chi connectivity index (χ0n) is 10.9. The van der Waals surface area contributed by atoms with Crippen molar-refractivity contribution < 1.29 is 0 Å². The molecule has 1 aliphatic rings. The van der Waals surface area contributed by atoms with Crippen LogP contribution in [0.25, 0.3) is 0 Å². The maximum Gasteiger partial charge on any atom is 0.0367 e. The van der Waals surface area contributed by atoms with E-state index in [1.54, 1.807) is 0 Å². The van der Waals surface area contributed by atoms with Gasteiger partial charge in [0.05, 0.1) is 0 Å². The molecule has 0 unspecified atom stereocenters. The molecule has 0 atom stereocenters. The molecule has 2 rings (SSSR count). The van der Waals surface area contributed by atoms with Crippen LogP contribution in [-0.2, 0) is 0 Å². The first-order chi connectivity index (χ1) is 8.40. The van der Waals surface area contributed by atoms with Crippen LogP contribution in [0.1, 0.15) is 12.8 Å². The van der Waals surface area contributed by atoms with E-state index in [0.717, 1.165) is 26.1 Å². The molecule has 1 saturated heterocycles. The smallest absolute Gasteiger partial charge is 0.0367 e. The van der Waals surface area contributed by atoms with E-state index in [1.807, 2.05) is 0 Å². The Hall–Kier alpha value is -0.770. The van der Waals surface area contributed by atoms with Crippen LogP contribution in [-0.4, -0.2) is 44.2 Å². The van der Waals surface area contributed by atoms with Gasteiger partial charge < -0.3 is 10.6 Å². The molecule has 1 heterocycles. The summed E-state index contributed by atoms with van der Waals surface area (Å²) in [6.07, 6.45) is 2.39.